The first-order valence-corrected chi connectivity index (χ1v) is 11.2. The van der Waals surface area contributed by atoms with E-state index in [1.54, 1.807) is 23.5 Å². The number of nitrogens with one attached hydrogen (secondary N) is 1. The summed E-state index contributed by atoms with van der Waals surface area (Å²) in [6, 6.07) is 13.2. The van der Waals surface area contributed by atoms with Gasteiger partial charge in [0.2, 0.25) is 11.8 Å². The van der Waals surface area contributed by atoms with E-state index in [9.17, 15) is 9.59 Å². The Kier molecular flexibility index (Phi) is 5.94. The summed E-state index contributed by atoms with van der Waals surface area (Å²) < 4.78 is 0. The number of fused-ring (bicyclic) bond motifs is 1. The minimum atomic E-state index is -0.317. The molecule has 0 aliphatic carbocycles. The summed E-state index contributed by atoms with van der Waals surface area (Å²) in [6.45, 7) is 5.81. The van der Waals surface area contributed by atoms with Gasteiger partial charge in [-0.2, -0.15) is 0 Å². The molecule has 0 fully saturated rings. The lowest BCUT2D eigenvalue weighted by atomic mass is 10.1. The maximum absolute atomic E-state index is 13.2. The lowest BCUT2D eigenvalue weighted by Crippen LogP contribution is -2.38. The molecule has 7 heteroatoms. The van der Waals surface area contributed by atoms with E-state index in [1.165, 1.54) is 4.90 Å². The molecule has 0 spiro atoms. The van der Waals surface area contributed by atoms with Crippen LogP contribution in [0.1, 0.15) is 28.0 Å². The van der Waals surface area contributed by atoms with Crippen LogP contribution < -0.4 is 10.2 Å². The van der Waals surface area contributed by atoms with Gasteiger partial charge in [0.15, 0.2) is 0 Å². The molecule has 0 bridgehead atoms. The van der Waals surface area contributed by atoms with Gasteiger partial charge in [0, 0.05) is 4.88 Å². The molecule has 0 saturated heterocycles. The normalized spacial score (nSPS) is 13.5. The SMILES string of the molecule is Cc1ccc(NC(=O)CN2C(=O)CC(c3cccs3)=Nc3cc(C)c(C)cc32)c(Cl)c1. The fourth-order valence-corrected chi connectivity index (χ4v) is 4.46. The first kappa shape index (κ1) is 21.3. The molecule has 3 aromatic rings. The number of rotatable bonds is 4. The molecule has 1 N–H and O–H groups in total. The fraction of sp³-hybridized carbons (Fsp3) is 0.208. The highest BCUT2D eigenvalue weighted by atomic mass is 35.5. The van der Waals surface area contributed by atoms with Crippen LogP contribution in [0.15, 0.2) is 52.8 Å². The molecule has 158 valence electrons. The summed E-state index contributed by atoms with van der Waals surface area (Å²) >= 11 is 7.80. The molecule has 0 unspecified atom stereocenters. The van der Waals surface area contributed by atoms with Crippen LogP contribution in [0.5, 0.6) is 0 Å². The number of carbonyl (C=O) groups excluding carboxylic acids is 2. The van der Waals surface area contributed by atoms with Crippen molar-refractivity contribution in [2.75, 3.05) is 16.8 Å². The van der Waals surface area contributed by atoms with Crippen molar-refractivity contribution < 1.29 is 9.59 Å². The van der Waals surface area contributed by atoms with Crippen molar-refractivity contribution in [2.24, 2.45) is 4.99 Å². The number of hydrogen-bond acceptors (Lipinski definition) is 4. The highest BCUT2D eigenvalue weighted by Gasteiger charge is 2.27. The van der Waals surface area contributed by atoms with E-state index in [4.69, 9.17) is 16.6 Å². The van der Waals surface area contributed by atoms with Crippen LogP contribution in [-0.4, -0.2) is 24.1 Å². The largest absolute Gasteiger partial charge is 0.323 e. The Hall–Kier alpha value is -2.96. The Balaban J connectivity index is 1.66. The molecule has 2 amide bonds. The van der Waals surface area contributed by atoms with Crippen LogP contribution in [0.25, 0.3) is 0 Å². The standard InChI is InChI=1S/C24H22ClN3O2S/c1-14-6-7-18(17(25)9-14)27-23(29)13-28-21-11-16(3)15(2)10-19(21)26-20(12-24(28)30)22-5-4-8-31-22/h4-11H,12-13H2,1-3H3,(H,27,29). The average Bonchev–Trinajstić information content (AvgIpc) is 3.21. The molecule has 1 aliphatic heterocycles. The zero-order valence-electron chi connectivity index (χ0n) is 17.5. The molecule has 31 heavy (non-hydrogen) atoms. The van der Waals surface area contributed by atoms with Crippen molar-refractivity contribution in [2.45, 2.75) is 27.2 Å². The molecular weight excluding hydrogens is 430 g/mol. The Morgan fingerprint density at radius 2 is 1.94 bits per heavy atom. The van der Waals surface area contributed by atoms with Gasteiger partial charge in [-0.1, -0.05) is 23.7 Å². The Morgan fingerprint density at radius 1 is 1.16 bits per heavy atom. The minimum absolute atomic E-state index is 0.119. The molecule has 2 heterocycles. The van der Waals surface area contributed by atoms with E-state index in [-0.39, 0.29) is 24.8 Å². The van der Waals surface area contributed by atoms with Crippen molar-refractivity contribution in [3.8, 4) is 0 Å². The third kappa shape index (κ3) is 4.55. The third-order valence-corrected chi connectivity index (χ3v) is 6.49. The van der Waals surface area contributed by atoms with Crippen LogP contribution in [0.4, 0.5) is 17.1 Å². The molecule has 4 rings (SSSR count). The van der Waals surface area contributed by atoms with Gasteiger partial charge in [0.05, 0.1) is 34.2 Å². The summed E-state index contributed by atoms with van der Waals surface area (Å²) in [5.74, 6) is -0.484. The Bertz CT molecular complexity index is 1200. The third-order valence-electron chi connectivity index (χ3n) is 5.26. The van der Waals surface area contributed by atoms with Crippen LogP contribution in [0, 0.1) is 20.8 Å². The molecule has 0 atom stereocenters. The lowest BCUT2D eigenvalue weighted by Gasteiger charge is -2.23. The summed E-state index contributed by atoms with van der Waals surface area (Å²) in [4.78, 5) is 33.4. The minimum Gasteiger partial charge on any atom is -0.323 e. The van der Waals surface area contributed by atoms with Crippen LogP contribution in [0.2, 0.25) is 5.02 Å². The maximum Gasteiger partial charge on any atom is 0.244 e. The molecular formula is C24H22ClN3O2S. The molecule has 5 nitrogen and oxygen atoms in total. The molecule has 2 aromatic carbocycles. The summed E-state index contributed by atoms with van der Waals surface area (Å²) in [7, 11) is 0. The van der Waals surface area contributed by atoms with Crippen molar-refractivity contribution in [1.82, 2.24) is 0 Å². The first-order valence-electron chi connectivity index (χ1n) is 9.91. The van der Waals surface area contributed by atoms with Gasteiger partial charge in [0.25, 0.3) is 0 Å². The van der Waals surface area contributed by atoms with Gasteiger partial charge in [-0.25, -0.2) is 4.99 Å². The number of halogens is 1. The second kappa shape index (κ2) is 8.65. The Labute approximate surface area is 190 Å². The number of carbonyl (C=O) groups is 2. The summed E-state index contributed by atoms with van der Waals surface area (Å²) in [5, 5.41) is 5.25. The lowest BCUT2D eigenvalue weighted by molar-refractivity contribution is -0.120. The quantitative estimate of drug-likeness (QED) is 0.543. The van der Waals surface area contributed by atoms with E-state index in [0.717, 1.165) is 21.6 Å². The number of anilines is 2. The van der Waals surface area contributed by atoms with Gasteiger partial charge in [-0.3, -0.25) is 9.59 Å². The number of nitrogens with zero attached hydrogens (tertiary/aromatic N) is 2. The molecule has 0 saturated carbocycles. The zero-order chi connectivity index (χ0) is 22.1. The number of aliphatic imine (C=N–C) groups is 1. The maximum atomic E-state index is 13.2. The van der Waals surface area contributed by atoms with Crippen LogP contribution in [0.3, 0.4) is 0 Å². The predicted octanol–water partition coefficient (Wildman–Crippen LogP) is 5.82. The fourth-order valence-electron chi connectivity index (χ4n) is 3.46. The predicted molar refractivity (Wildman–Crippen MR) is 128 cm³/mol. The van der Waals surface area contributed by atoms with Gasteiger partial charge in [-0.05, 0) is 73.2 Å². The van der Waals surface area contributed by atoms with Crippen LogP contribution >= 0.6 is 22.9 Å². The first-order chi connectivity index (χ1) is 14.8. The van der Waals surface area contributed by atoms with E-state index in [0.29, 0.717) is 27.8 Å². The molecule has 1 aliphatic rings. The number of benzene rings is 2. The van der Waals surface area contributed by atoms with E-state index in [1.807, 2.05) is 56.5 Å². The van der Waals surface area contributed by atoms with Crippen LogP contribution in [-0.2, 0) is 9.59 Å². The second-order valence-electron chi connectivity index (χ2n) is 7.65. The van der Waals surface area contributed by atoms with Gasteiger partial charge in [-0.15, -0.1) is 11.3 Å². The van der Waals surface area contributed by atoms with Crippen molar-refractivity contribution in [1.29, 1.82) is 0 Å². The average molecular weight is 452 g/mol. The molecule has 0 radical (unpaired) electrons. The Morgan fingerprint density at radius 3 is 2.65 bits per heavy atom. The highest BCUT2D eigenvalue weighted by Crippen LogP contribution is 2.36. The highest BCUT2D eigenvalue weighted by molar-refractivity contribution is 7.12. The van der Waals surface area contributed by atoms with Crippen molar-refractivity contribution in [3.63, 3.8) is 0 Å². The smallest absolute Gasteiger partial charge is 0.244 e. The van der Waals surface area contributed by atoms with Crippen molar-refractivity contribution >= 4 is 57.5 Å². The van der Waals surface area contributed by atoms with Crippen molar-refractivity contribution in [3.05, 3.63) is 74.4 Å². The summed E-state index contributed by atoms with van der Waals surface area (Å²) in [6.07, 6.45) is 0.131. The number of thiophene rings is 1. The van der Waals surface area contributed by atoms with Gasteiger partial charge < -0.3 is 10.2 Å². The number of aryl methyl sites for hydroxylation is 3. The van der Waals surface area contributed by atoms with E-state index < -0.39 is 0 Å². The van der Waals surface area contributed by atoms with E-state index in [2.05, 4.69) is 5.32 Å². The topological polar surface area (TPSA) is 61.8 Å². The van der Waals surface area contributed by atoms with E-state index >= 15 is 0 Å². The molecule has 1 aromatic heterocycles. The second-order valence-corrected chi connectivity index (χ2v) is 9.00. The monoisotopic (exact) mass is 451 g/mol. The van der Waals surface area contributed by atoms with Gasteiger partial charge in [0.1, 0.15) is 6.54 Å². The number of amides is 2. The number of hydrogen-bond donors (Lipinski definition) is 1. The zero-order valence-corrected chi connectivity index (χ0v) is 19.1. The van der Waals surface area contributed by atoms with Gasteiger partial charge >= 0.3 is 0 Å². The summed E-state index contributed by atoms with van der Waals surface area (Å²) in [5.41, 5.74) is 5.70.